The molecule has 1 saturated heterocycles. The molecule has 0 bridgehead atoms. The zero-order valence-corrected chi connectivity index (χ0v) is 15.3. The standard InChI is InChI=1S/C18H27NO4.ClH/c1-3-22-18(21)15-7-9-19(10-8-15)12-16(20)13-23-17-6-4-5-14(2)11-17;/h4-6,11,15-16,20H,3,7-10,12-13H2,1-2H3;1H. The maximum atomic E-state index is 11.7. The van der Waals surface area contributed by atoms with Crippen LogP contribution >= 0.6 is 12.4 Å². The first-order chi connectivity index (χ1) is 11.1. The number of hydrogen-bond donors (Lipinski definition) is 1. The van der Waals surface area contributed by atoms with E-state index in [-0.39, 0.29) is 30.9 Å². The number of likely N-dealkylation sites (tertiary alicyclic amines) is 1. The molecule has 1 fully saturated rings. The molecule has 24 heavy (non-hydrogen) atoms. The Labute approximate surface area is 150 Å². The van der Waals surface area contributed by atoms with Gasteiger partial charge in [0, 0.05) is 6.54 Å². The van der Waals surface area contributed by atoms with E-state index in [4.69, 9.17) is 9.47 Å². The molecule has 1 aromatic rings. The van der Waals surface area contributed by atoms with Crippen LogP contribution in [0.4, 0.5) is 0 Å². The zero-order chi connectivity index (χ0) is 16.7. The van der Waals surface area contributed by atoms with Crippen molar-refractivity contribution < 1.29 is 19.4 Å². The maximum absolute atomic E-state index is 11.7. The van der Waals surface area contributed by atoms with Gasteiger partial charge in [0.2, 0.25) is 0 Å². The second-order valence-electron chi connectivity index (χ2n) is 6.11. The lowest BCUT2D eigenvalue weighted by molar-refractivity contribution is -0.149. The van der Waals surface area contributed by atoms with E-state index >= 15 is 0 Å². The predicted octanol–water partition coefficient (Wildman–Crippen LogP) is 2.43. The number of piperidine rings is 1. The molecule has 6 heteroatoms. The van der Waals surface area contributed by atoms with Crippen molar-refractivity contribution in [2.75, 3.05) is 32.8 Å². The monoisotopic (exact) mass is 357 g/mol. The number of rotatable bonds is 7. The molecule has 0 amide bonds. The Bertz CT molecular complexity index is 504. The number of hydrogen-bond acceptors (Lipinski definition) is 5. The van der Waals surface area contributed by atoms with Gasteiger partial charge in [0.1, 0.15) is 18.5 Å². The van der Waals surface area contributed by atoms with Gasteiger partial charge in [-0.15, -0.1) is 12.4 Å². The van der Waals surface area contributed by atoms with Crippen LogP contribution in [0.25, 0.3) is 0 Å². The van der Waals surface area contributed by atoms with Gasteiger partial charge in [-0.1, -0.05) is 12.1 Å². The third-order valence-electron chi connectivity index (χ3n) is 4.11. The molecule has 136 valence electrons. The van der Waals surface area contributed by atoms with Crippen molar-refractivity contribution in [3.05, 3.63) is 29.8 Å². The summed E-state index contributed by atoms with van der Waals surface area (Å²) in [5.41, 5.74) is 1.14. The van der Waals surface area contributed by atoms with E-state index < -0.39 is 6.10 Å². The molecule has 0 saturated carbocycles. The number of aliphatic hydroxyl groups excluding tert-OH is 1. The van der Waals surface area contributed by atoms with Crippen molar-refractivity contribution in [3.8, 4) is 5.75 Å². The molecule has 1 aromatic carbocycles. The number of aliphatic hydroxyl groups is 1. The summed E-state index contributed by atoms with van der Waals surface area (Å²) in [6.45, 7) is 6.75. The molecule has 1 atom stereocenters. The average Bonchev–Trinajstić information content (AvgIpc) is 2.54. The van der Waals surface area contributed by atoms with Crippen LogP contribution in [0, 0.1) is 12.8 Å². The fraction of sp³-hybridized carbons (Fsp3) is 0.611. The largest absolute Gasteiger partial charge is 0.491 e. The summed E-state index contributed by atoms with van der Waals surface area (Å²) < 4.78 is 10.7. The summed E-state index contributed by atoms with van der Waals surface area (Å²) in [7, 11) is 0. The van der Waals surface area contributed by atoms with Gasteiger partial charge in [0.05, 0.1) is 12.5 Å². The van der Waals surface area contributed by atoms with Crippen molar-refractivity contribution in [1.29, 1.82) is 0 Å². The van der Waals surface area contributed by atoms with Crippen molar-refractivity contribution in [2.45, 2.75) is 32.8 Å². The number of ether oxygens (including phenoxy) is 2. The third-order valence-corrected chi connectivity index (χ3v) is 4.11. The van der Waals surface area contributed by atoms with Crippen molar-refractivity contribution in [2.24, 2.45) is 5.92 Å². The molecule has 1 unspecified atom stereocenters. The van der Waals surface area contributed by atoms with E-state index in [1.165, 1.54) is 0 Å². The Morgan fingerprint density at radius 2 is 2.08 bits per heavy atom. The lowest BCUT2D eigenvalue weighted by Crippen LogP contribution is -2.42. The number of halogens is 1. The molecule has 1 N–H and O–H groups in total. The number of aryl methyl sites for hydroxylation is 1. The lowest BCUT2D eigenvalue weighted by atomic mass is 9.97. The van der Waals surface area contributed by atoms with Crippen LogP contribution in [-0.4, -0.2) is 54.9 Å². The Hall–Kier alpha value is -1.30. The summed E-state index contributed by atoms with van der Waals surface area (Å²) in [5.74, 6) is 0.701. The van der Waals surface area contributed by atoms with E-state index in [1.54, 1.807) is 0 Å². The van der Waals surface area contributed by atoms with Gasteiger partial charge in [-0.05, 0) is 57.5 Å². The molecule has 5 nitrogen and oxygen atoms in total. The molecule has 2 rings (SSSR count). The first-order valence-electron chi connectivity index (χ1n) is 8.35. The molecular weight excluding hydrogens is 330 g/mol. The van der Waals surface area contributed by atoms with E-state index in [0.717, 1.165) is 37.2 Å². The van der Waals surface area contributed by atoms with Gasteiger partial charge in [0.15, 0.2) is 0 Å². The molecule has 1 heterocycles. The van der Waals surface area contributed by atoms with Crippen molar-refractivity contribution in [3.63, 3.8) is 0 Å². The minimum Gasteiger partial charge on any atom is -0.491 e. The lowest BCUT2D eigenvalue weighted by Gasteiger charge is -2.32. The van der Waals surface area contributed by atoms with Crippen molar-refractivity contribution in [1.82, 2.24) is 4.90 Å². The Kier molecular flexibility index (Phi) is 9.11. The third kappa shape index (κ3) is 6.67. The highest BCUT2D eigenvalue weighted by atomic mass is 35.5. The van der Waals surface area contributed by atoms with Gasteiger partial charge in [0.25, 0.3) is 0 Å². The molecular formula is C18H28ClNO4. The minimum atomic E-state index is -0.533. The second kappa shape index (κ2) is 10.5. The van der Waals surface area contributed by atoms with Crippen LogP contribution in [0.1, 0.15) is 25.3 Å². The number of nitrogens with zero attached hydrogens (tertiary/aromatic N) is 1. The number of carbonyl (C=O) groups excluding carboxylic acids is 1. The van der Waals surface area contributed by atoms with Gasteiger partial charge in [-0.25, -0.2) is 0 Å². The summed E-state index contributed by atoms with van der Waals surface area (Å²) in [5, 5.41) is 10.1. The predicted molar refractivity (Wildman–Crippen MR) is 95.7 cm³/mol. The Morgan fingerprint density at radius 3 is 2.71 bits per heavy atom. The van der Waals surface area contributed by atoms with Gasteiger partial charge in [-0.2, -0.15) is 0 Å². The van der Waals surface area contributed by atoms with E-state index in [9.17, 15) is 9.90 Å². The Balaban J connectivity index is 0.00000288. The summed E-state index contributed by atoms with van der Waals surface area (Å²) in [4.78, 5) is 13.9. The van der Waals surface area contributed by atoms with Crippen LogP contribution in [-0.2, 0) is 9.53 Å². The molecule has 0 aliphatic carbocycles. The zero-order valence-electron chi connectivity index (χ0n) is 14.4. The summed E-state index contributed by atoms with van der Waals surface area (Å²) >= 11 is 0. The smallest absolute Gasteiger partial charge is 0.309 e. The van der Waals surface area contributed by atoms with Crippen LogP contribution in [0.3, 0.4) is 0 Å². The average molecular weight is 358 g/mol. The molecule has 1 aliphatic rings. The fourth-order valence-electron chi connectivity index (χ4n) is 2.86. The molecule has 1 aliphatic heterocycles. The summed E-state index contributed by atoms with van der Waals surface area (Å²) in [6.07, 6.45) is 1.06. The summed E-state index contributed by atoms with van der Waals surface area (Å²) in [6, 6.07) is 7.80. The van der Waals surface area contributed by atoms with E-state index in [1.807, 2.05) is 38.1 Å². The van der Waals surface area contributed by atoms with Crippen LogP contribution in [0.5, 0.6) is 5.75 Å². The number of benzene rings is 1. The van der Waals surface area contributed by atoms with Gasteiger partial charge >= 0.3 is 5.97 Å². The normalized spacial score (nSPS) is 17.0. The van der Waals surface area contributed by atoms with Crippen LogP contribution in [0.15, 0.2) is 24.3 Å². The van der Waals surface area contributed by atoms with E-state index in [0.29, 0.717) is 13.2 Å². The first kappa shape index (κ1) is 20.7. The first-order valence-corrected chi connectivity index (χ1v) is 8.35. The Morgan fingerprint density at radius 1 is 1.38 bits per heavy atom. The molecule has 0 radical (unpaired) electrons. The highest BCUT2D eigenvalue weighted by molar-refractivity contribution is 5.85. The van der Waals surface area contributed by atoms with Crippen LogP contribution < -0.4 is 4.74 Å². The quantitative estimate of drug-likeness (QED) is 0.759. The van der Waals surface area contributed by atoms with Crippen LogP contribution in [0.2, 0.25) is 0 Å². The topological polar surface area (TPSA) is 59.0 Å². The fourth-order valence-corrected chi connectivity index (χ4v) is 2.86. The number of carbonyl (C=O) groups is 1. The maximum Gasteiger partial charge on any atom is 0.309 e. The highest BCUT2D eigenvalue weighted by Crippen LogP contribution is 2.19. The molecule has 0 aromatic heterocycles. The minimum absolute atomic E-state index is 0. The van der Waals surface area contributed by atoms with Gasteiger partial charge in [-0.3, -0.25) is 4.79 Å². The highest BCUT2D eigenvalue weighted by Gasteiger charge is 2.26. The van der Waals surface area contributed by atoms with E-state index in [2.05, 4.69) is 4.90 Å². The van der Waals surface area contributed by atoms with Crippen molar-refractivity contribution >= 4 is 18.4 Å². The number of β-amino-alcohol motifs (C(OH)–C–C–N with tert-alkyl or cyclic N) is 1. The number of esters is 1. The molecule has 0 spiro atoms. The van der Waals surface area contributed by atoms with Gasteiger partial charge < -0.3 is 19.5 Å². The SMILES string of the molecule is CCOC(=O)C1CCN(CC(O)COc2cccc(C)c2)CC1.Cl. The second-order valence-corrected chi connectivity index (χ2v) is 6.11.